The summed E-state index contributed by atoms with van der Waals surface area (Å²) in [6.45, 7) is 1.18. The van der Waals surface area contributed by atoms with Crippen molar-refractivity contribution in [3.8, 4) is 0 Å². The third kappa shape index (κ3) is 29.9. The Morgan fingerprint density at radius 1 is 0.408 bits per heavy atom. The van der Waals surface area contributed by atoms with E-state index in [-0.39, 0.29) is 54.8 Å². The van der Waals surface area contributed by atoms with E-state index in [0.717, 1.165) is 36.8 Å². The van der Waals surface area contributed by atoms with Crippen molar-refractivity contribution in [3.05, 3.63) is 290 Å². The van der Waals surface area contributed by atoms with Gasteiger partial charge in [0.1, 0.15) is 0 Å². The van der Waals surface area contributed by atoms with Gasteiger partial charge in [0.2, 0.25) is 20.0 Å². The number of benzene rings is 4. The average molecular weight is 1150 g/mol. The minimum Gasteiger partial charge on any atom is -0.395 e. The van der Waals surface area contributed by atoms with Gasteiger partial charge in [-0.15, -0.1) is 72.8 Å². The summed E-state index contributed by atoms with van der Waals surface area (Å²) in [6, 6.07) is 56.4. The second kappa shape index (κ2) is 37.0. The molecule has 0 aliphatic carbocycles. The van der Waals surface area contributed by atoms with E-state index in [1.54, 1.807) is 46.5 Å². The number of hydrogen-bond acceptors (Lipinski definition) is 6. The molecule has 2 aliphatic heterocycles. The molecule has 2 aliphatic rings. The van der Waals surface area contributed by atoms with Gasteiger partial charge in [-0.2, -0.15) is 72.8 Å². The third-order valence-corrected chi connectivity index (χ3v) is 9.65. The van der Waals surface area contributed by atoms with Crippen LogP contribution in [0.1, 0.15) is 0 Å². The molecule has 0 fully saturated rings. The summed E-state index contributed by atoms with van der Waals surface area (Å²) in [7, 11) is -7.09. The van der Waals surface area contributed by atoms with Gasteiger partial charge in [-0.05, 0) is 47.3 Å². The summed E-state index contributed by atoms with van der Waals surface area (Å²) in [6.07, 6.45) is 16.4. The molecule has 8 nitrogen and oxygen atoms in total. The van der Waals surface area contributed by atoms with E-state index >= 15 is 0 Å². The molecular formula is C56H48F8N4O4S2Ti2. The molecule has 8 aromatic carbocycles. The first-order chi connectivity index (χ1) is 35.3. The van der Waals surface area contributed by atoms with Gasteiger partial charge in [-0.25, -0.2) is 100 Å². The van der Waals surface area contributed by atoms with Gasteiger partial charge in [-0.3, -0.25) is 0 Å². The van der Waals surface area contributed by atoms with Crippen molar-refractivity contribution in [2.24, 2.45) is 0 Å². The predicted molar refractivity (Wildman–Crippen MR) is 277 cm³/mol. The van der Waals surface area contributed by atoms with Crippen LogP contribution in [-0.2, 0) is 63.5 Å². The molecule has 0 spiro atoms. The van der Waals surface area contributed by atoms with E-state index in [9.17, 15) is 52.0 Å². The van der Waals surface area contributed by atoms with Gasteiger partial charge in [0.15, 0.2) is 0 Å². The molecule has 8 aromatic rings. The molecule has 0 bridgehead atoms. The fourth-order valence-corrected chi connectivity index (χ4v) is 6.45. The number of sulfonamides is 2. The molecule has 76 heavy (non-hydrogen) atoms. The summed E-state index contributed by atoms with van der Waals surface area (Å²) in [5.74, 6) is -6.57. The zero-order chi connectivity index (χ0) is 54.2. The topological polar surface area (TPSA) is 98.8 Å². The van der Waals surface area contributed by atoms with Gasteiger partial charge in [-0.1, -0.05) is 24.3 Å². The number of halogens is 8. The van der Waals surface area contributed by atoms with Crippen LogP contribution < -0.4 is 19.2 Å². The van der Waals surface area contributed by atoms with Crippen LogP contribution in [0, 0.1) is 70.8 Å². The van der Waals surface area contributed by atoms with Crippen LogP contribution in [0.5, 0.6) is 0 Å². The Morgan fingerprint density at radius 2 is 0.671 bits per heavy atom. The van der Waals surface area contributed by atoms with Crippen molar-refractivity contribution >= 4 is 42.8 Å². The second-order valence-corrected chi connectivity index (χ2v) is 18.0. The zero-order valence-corrected chi connectivity index (χ0v) is 45.3. The van der Waals surface area contributed by atoms with Crippen LogP contribution in [0.25, 0.3) is 0 Å². The Hall–Kier alpha value is -6.79. The van der Waals surface area contributed by atoms with Crippen molar-refractivity contribution in [2.45, 2.75) is 0 Å². The molecule has 0 radical (unpaired) electrons. The maximum absolute atomic E-state index is 13.2. The van der Waals surface area contributed by atoms with E-state index in [4.69, 9.17) is 0 Å². The van der Waals surface area contributed by atoms with Crippen LogP contribution in [-0.4, -0.2) is 42.4 Å². The van der Waals surface area contributed by atoms with Crippen LogP contribution in [0.2, 0.25) is 0 Å². The number of hydrogen-bond donors (Lipinski definition) is 2. The van der Waals surface area contributed by atoms with Crippen molar-refractivity contribution in [1.82, 2.24) is 0 Å². The monoisotopic (exact) mass is 1150 g/mol. The molecule has 0 aromatic heterocycles. The molecule has 392 valence electrons. The molecule has 20 heteroatoms. The van der Waals surface area contributed by atoms with E-state index in [1.807, 2.05) is 167 Å². The molecule has 0 atom stereocenters. The first-order valence-corrected chi connectivity index (χ1v) is 25.4. The summed E-state index contributed by atoms with van der Waals surface area (Å²) in [5, 5.41) is 0. The van der Waals surface area contributed by atoms with Crippen molar-refractivity contribution in [3.63, 3.8) is 0 Å². The van der Waals surface area contributed by atoms with Gasteiger partial charge in [0.05, 0.1) is 12.5 Å². The minimum absolute atomic E-state index is 0. The van der Waals surface area contributed by atoms with Crippen LogP contribution >= 0.6 is 0 Å². The zero-order valence-electron chi connectivity index (χ0n) is 40.6. The quantitative estimate of drug-likeness (QED) is 0.0978. The van der Waals surface area contributed by atoms with E-state index in [2.05, 4.69) is 0 Å². The molecule has 0 saturated heterocycles. The third-order valence-electron chi connectivity index (χ3n) is 8.47. The Morgan fingerprint density at radius 3 is 0.868 bits per heavy atom. The SMILES string of the molecule is CS(=O)(=O)Nc1ccc(F)[c-]c1F.CS(=O)(=O)Nc1ccc(F)[c-]c1F.Fc1[c-]c(F)c(N2C=CC=CC2)cc1.Fc1[c-]c(F)c(N2C=CC=CC2)cc1.[Ti+4].[Ti+4].c1cc[cH-]c1.c1cc[cH-]c1.c1cc[cH-]c1.c1cc[cH-]c1. The Labute approximate surface area is 469 Å². The van der Waals surface area contributed by atoms with Crippen molar-refractivity contribution in [2.75, 3.05) is 44.8 Å². The van der Waals surface area contributed by atoms with Crippen LogP contribution in [0.15, 0.2) is 219 Å². The van der Waals surface area contributed by atoms with E-state index in [0.29, 0.717) is 24.5 Å². The minimum atomic E-state index is -3.54. The first-order valence-electron chi connectivity index (χ1n) is 21.6. The Bertz CT molecular complexity index is 2810. The summed E-state index contributed by atoms with van der Waals surface area (Å²) >= 11 is 0. The van der Waals surface area contributed by atoms with Gasteiger partial charge in [0, 0.05) is 59.6 Å². The van der Waals surface area contributed by atoms with Crippen LogP contribution in [0.3, 0.4) is 0 Å². The van der Waals surface area contributed by atoms with E-state index < -0.39 is 66.6 Å². The molecule has 0 saturated carbocycles. The summed E-state index contributed by atoms with van der Waals surface area (Å²) in [5.41, 5.74) is 0.0480. The fraction of sp³-hybridized carbons (Fsp3) is 0.0714. The van der Waals surface area contributed by atoms with Gasteiger partial charge in [0.25, 0.3) is 0 Å². The van der Waals surface area contributed by atoms with Gasteiger partial charge >= 0.3 is 43.4 Å². The number of anilines is 4. The van der Waals surface area contributed by atoms with E-state index in [1.165, 1.54) is 24.3 Å². The first kappa shape index (κ1) is 67.2. The van der Waals surface area contributed by atoms with Crippen LogP contribution in [0.4, 0.5) is 57.9 Å². The van der Waals surface area contributed by atoms with Crippen molar-refractivity contribution < 1.29 is 95.4 Å². The number of nitrogens with zero attached hydrogens (tertiary/aromatic N) is 2. The standard InChI is InChI=1S/2C11H8F2N.2C7H6F2NO2S.4C5H5.2Ti/c2*12-9-4-5-11(10(13)8-9)14-6-2-1-3-7-14;2*1-13(11,12)10-7-3-2-5(8)4-6(7)9;4*1-2-4-5-3-1;;/h2*1-6H,7H2;2*2-3,10H,1H3;4*1-5H;;/q8*-1;2*+4. The molecule has 2 N–H and O–H groups in total. The largest absolute Gasteiger partial charge is 4.00 e. The number of allylic oxidation sites excluding steroid dienone is 4. The summed E-state index contributed by atoms with van der Waals surface area (Å²) in [4.78, 5) is 3.37. The molecular weight excluding hydrogens is 1100 g/mol. The smallest absolute Gasteiger partial charge is 0.395 e. The summed E-state index contributed by atoms with van der Waals surface area (Å²) < 4.78 is 148. The maximum Gasteiger partial charge on any atom is 4.00 e. The normalized spacial score (nSPS) is 11.4. The molecule has 10 rings (SSSR count). The Kier molecular flexibility index (Phi) is 32.8. The second-order valence-electron chi connectivity index (χ2n) is 14.5. The molecule has 2 heterocycles. The maximum atomic E-state index is 13.2. The molecule has 0 unspecified atom stereocenters. The van der Waals surface area contributed by atoms with Gasteiger partial charge < -0.3 is 19.2 Å². The average Bonchev–Trinajstić information content (AvgIpc) is 4.23. The predicted octanol–water partition coefficient (Wildman–Crippen LogP) is 13.2. The van der Waals surface area contributed by atoms with Crippen molar-refractivity contribution in [1.29, 1.82) is 0 Å². The number of rotatable bonds is 6. The number of nitrogens with one attached hydrogen (secondary N) is 2. The Balaban J connectivity index is 0.000000448. The molecule has 0 amide bonds. The fourth-order valence-electron chi connectivity index (χ4n) is 5.33.